The lowest BCUT2D eigenvalue weighted by Gasteiger charge is -2.32. The average molecular weight is 348 g/mol. The van der Waals surface area contributed by atoms with Crippen LogP contribution in [0.3, 0.4) is 0 Å². The molecule has 1 aromatic carbocycles. The minimum Gasteiger partial charge on any atom is -0.338 e. The summed E-state index contributed by atoms with van der Waals surface area (Å²) in [4.78, 5) is 14.1. The first-order valence-electron chi connectivity index (χ1n) is 8.50. The van der Waals surface area contributed by atoms with Gasteiger partial charge in [0.05, 0.1) is 12.2 Å². The van der Waals surface area contributed by atoms with Crippen LogP contribution in [0.5, 0.6) is 0 Å². The monoisotopic (exact) mass is 348 g/mol. The van der Waals surface area contributed by atoms with Crippen molar-refractivity contribution < 1.29 is 13.6 Å². The minimum atomic E-state index is -0.864. The maximum atomic E-state index is 13.2. The number of amides is 2. The topological polar surface area (TPSA) is 50.2 Å². The number of nitrogens with one attached hydrogen (secondary N) is 1. The molecule has 25 heavy (non-hydrogen) atoms. The van der Waals surface area contributed by atoms with Gasteiger partial charge in [0.15, 0.2) is 11.6 Å². The van der Waals surface area contributed by atoms with Crippen molar-refractivity contribution in [2.45, 2.75) is 32.2 Å². The highest BCUT2D eigenvalue weighted by Crippen LogP contribution is 2.21. The lowest BCUT2D eigenvalue weighted by atomic mass is 10.1. The van der Waals surface area contributed by atoms with Crippen LogP contribution in [0.25, 0.3) is 0 Å². The van der Waals surface area contributed by atoms with Gasteiger partial charge in [-0.1, -0.05) is 6.07 Å². The molecule has 0 bridgehead atoms. The summed E-state index contributed by atoms with van der Waals surface area (Å²) in [6, 6.07) is 3.86. The van der Waals surface area contributed by atoms with Crippen molar-refractivity contribution in [1.29, 1.82) is 0 Å². The fourth-order valence-corrected chi connectivity index (χ4v) is 3.11. The first kappa shape index (κ1) is 17.4. The molecular formula is C18H22F2N4O. The van der Waals surface area contributed by atoms with Crippen LogP contribution in [0.1, 0.15) is 30.0 Å². The third kappa shape index (κ3) is 4.35. The second kappa shape index (κ2) is 7.63. The Balaban J connectivity index is 1.49. The molecule has 1 unspecified atom stereocenters. The molecule has 1 aromatic heterocycles. The van der Waals surface area contributed by atoms with E-state index in [-0.39, 0.29) is 12.1 Å². The zero-order valence-electron chi connectivity index (χ0n) is 14.2. The number of nitrogens with zero attached hydrogens (tertiary/aromatic N) is 3. The Morgan fingerprint density at radius 2 is 2.20 bits per heavy atom. The van der Waals surface area contributed by atoms with Gasteiger partial charge in [-0.25, -0.2) is 13.6 Å². The van der Waals surface area contributed by atoms with Crippen LogP contribution >= 0.6 is 0 Å². The van der Waals surface area contributed by atoms with Crippen LogP contribution in [0.4, 0.5) is 13.6 Å². The molecule has 134 valence electrons. The lowest BCUT2D eigenvalue weighted by molar-refractivity contribution is 0.163. The summed E-state index contributed by atoms with van der Waals surface area (Å²) in [6.45, 7) is 3.72. The van der Waals surface area contributed by atoms with Gasteiger partial charge in [-0.3, -0.25) is 4.68 Å². The molecule has 1 atom stereocenters. The Hall–Kier alpha value is -2.44. The van der Waals surface area contributed by atoms with E-state index in [2.05, 4.69) is 10.4 Å². The zero-order chi connectivity index (χ0) is 17.8. The zero-order valence-corrected chi connectivity index (χ0v) is 14.2. The Morgan fingerprint density at radius 1 is 1.36 bits per heavy atom. The first-order valence-corrected chi connectivity index (χ1v) is 8.50. The maximum Gasteiger partial charge on any atom is 0.317 e. The molecule has 0 radical (unpaired) electrons. The van der Waals surface area contributed by atoms with Gasteiger partial charge in [-0.15, -0.1) is 0 Å². The highest BCUT2D eigenvalue weighted by atomic mass is 19.2. The van der Waals surface area contributed by atoms with Gasteiger partial charge < -0.3 is 10.2 Å². The second-order valence-electron chi connectivity index (χ2n) is 6.47. The number of likely N-dealkylation sites (tertiary alicyclic amines) is 1. The third-order valence-corrected chi connectivity index (χ3v) is 4.46. The van der Waals surface area contributed by atoms with Crippen molar-refractivity contribution in [3.63, 3.8) is 0 Å². The number of aryl methyl sites for hydroxylation is 1. The molecule has 7 heteroatoms. The van der Waals surface area contributed by atoms with E-state index >= 15 is 0 Å². The van der Waals surface area contributed by atoms with Gasteiger partial charge in [-0.2, -0.15) is 5.10 Å². The van der Waals surface area contributed by atoms with Crippen LogP contribution in [-0.4, -0.2) is 40.3 Å². The van der Waals surface area contributed by atoms with Crippen LogP contribution in [0.15, 0.2) is 30.6 Å². The van der Waals surface area contributed by atoms with Gasteiger partial charge in [0.1, 0.15) is 0 Å². The normalized spacial score (nSPS) is 17.6. The average Bonchev–Trinajstić information content (AvgIpc) is 3.04. The quantitative estimate of drug-likeness (QED) is 0.923. The number of benzene rings is 1. The van der Waals surface area contributed by atoms with Crippen molar-refractivity contribution in [2.75, 3.05) is 19.6 Å². The number of halogens is 2. The summed E-state index contributed by atoms with van der Waals surface area (Å²) in [7, 11) is 0. The van der Waals surface area contributed by atoms with E-state index in [1.807, 2.05) is 24.0 Å². The molecule has 2 amide bonds. The number of hydrogen-bond donors (Lipinski definition) is 1. The van der Waals surface area contributed by atoms with Crippen LogP contribution in [-0.2, 0) is 6.42 Å². The first-order chi connectivity index (χ1) is 12.0. The SMILES string of the molecule is Cc1cnn(C2CCCN(C(=O)NCCc3ccc(F)c(F)c3)C2)c1. The van der Waals surface area contributed by atoms with Crippen LogP contribution in [0.2, 0.25) is 0 Å². The van der Waals surface area contributed by atoms with Crippen molar-refractivity contribution in [3.05, 3.63) is 53.4 Å². The number of urea groups is 1. The van der Waals surface area contributed by atoms with Gasteiger partial charge in [0.2, 0.25) is 0 Å². The Bertz CT molecular complexity index is 746. The van der Waals surface area contributed by atoms with E-state index in [0.29, 0.717) is 31.6 Å². The number of rotatable bonds is 4. The number of carbonyl (C=O) groups excluding carboxylic acids is 1. The highest BCUT2D eigenvalue weighted by Gasteiger charge is 2.24. The van der Waals surface area contributed by atoms with Crippen molar-refractivity contribution in [1.82, 2.24) is 20.0 Å². The molecule has 1 aliphatic rings. The molecule has 0 aliphatic carbocycles. The summed E-state index contributed by atoms with van der Waals surface area (Å²) in [5.74, 6) is -1.72. The summed E-state index contributed by atoms with van der Waals surface area (Å²) >= 11 is 0. The van der Waals surface area contributed by atoms with Gasteiger partial charge >= 0.3 is 6.03 Å². The molecule has 1 N–H and O–H groups in total. The smallest absolute Gasteiger partial charge is 0.317 e. The van der Waals surface area contributed by atoms with E-state index in [0.717, 1.165) is 24.5 Å². The Morgan fingerprint density at radius 3 is 2.92 bits per heavy atom. The van der Waals surface area contributed by atoms with Crippen molar-refractivity contribution >= 4 is 6.03 Å². The predicted molar refractivity (Wildman–Crippen MR) is 90.3 cm³/mol. The second-order valence-corrected chi connectivity index (χ2v) is 6.47. The molecule has 2 aromatic rings. The standard InChI is InChI=1S/C18H22F2N4O/c1-13-10-22-24(11-13)15-3-2-8-23(12-15)18(25)21-7-6-14-4-5-16(19)17(20)9-14/h4-5,9-11,15H,2-3,6-8,12H2,1H3,(H,21,25). The van der Waals surface area contributed by atoms with E-state index < -0.39 is 11.6 Å². The number of hydrogen-bond acceptors (Lipinski definition) is 2. The predicted octanol–water partition coefficient (Wildman–Crippen LogP) is 3.06. The van der Waals surface area contributed by atoms with Crippen LogP contribution in [0, 0.1) is 18.6 Å². The summed E-state index contributed by atoms with van der Waals surface area (Å²) in [5.41, 5.74) is 1.76. The molecule has 1 aliphatic heterocycles. The minimum absolute atomic E-state index is 0.129. The largest absolute Gasteiger partial charge is 0.338 e. The highest BCUT2D eigenvalue weighted by molar-refractivity contribution is 5.74. The molecule has 1 saturated heterocycles. The number of piperidine rings is 1. The number of carbonyl (C=O) groups is 1. The number of aromatic nitrogens is 2. The van der Waals surface area contributed by atoms with Gasteiger partial charge in [-0.05, 0) is 49.4 Å². The van der Waals surface area contributed by atoms with Gasteiger partial charge in [0, 0.05) is 25.8 Å². The Labute approximate surface area is 145 Å². The summed E-state index contributed by atoms with van der Waals surface area (Å²) in [5, 5.41) is 7.20. The Kier molecular flexibility index (Phi) is 5.31. The molecule has 5 nitrogen and oxygen atoms in total. The van der Waals surface area contributed by atoms with E-state index in [9.17, 15) is 13.6 Å². The fraction of sp³-hybridized carbons (Fsp3) is 0.444. The van der Waals surface area contributed by atoms with E-state index in [4.69, 9.17) is 0 Å². The molecule has 1 fully saturated rings. The van der Waals surface area contributed by atoms with E-state index in [1.54, 1.807) is 4.90 Å². The third-order valence-electron chi connectivity index (χ3n) is 4.46. The van der Waals surface area contributed by atoms with Crippen molar-refractivity contribution in [3.8, 4) is 0 Å². The lowest BCUT2D eigenvalue weighted by Crippen LogP contribution is -2.46. The molecule has 0 spiro atoms. The van der Waals surface area contributed by atoms with Gasteiger partial charge in [0.25, 0.3) is 0 Å². The van der Waals surface area contributed by atoms with Crippen molar-refractivity contribution in [2.24, 2.45) is 0 Å². The fourth-order valence-electron chi connectivity index (χ4n) is 3.11. The molecular weight excluding hydrogens is 326 g/mol. The summed E-state index contributed by atoms with van der Waals surface area (Å²) in [6.07, 6.45) is 6.20. The molecule has 3 rings (SSSR count). The molecule has 2 heterocycles. The van der Waals surface area contributed by atoms with Crippen LogP contribution < -0.4 is 5.32 Å². The molecule has 0 saturated carbocycles. The summed E-state index contributed by atoms with van der Waals surface area (Å²) < 4.78 is 28.0. The van der Waals surface area contributed by atoms with E-state index in [1.165, 1.54) is 12.1 Å². The maximum absolute atomic E-state index is 13.2.